The van der Waals surface area contributed by atoms with Gasteiger partial charge in [0, 0.05) is 29.6 Å². The Labute approximate surface area is 169 Å². The highest BCUT2D eigenvalue weighted by atomic mass is 35.5. The van der Waals surface area contributed by atoms with Crippen molar-refractivity contribution in [1.82, 2.24) is 24.9 Å². The van der Waals surface area contributed by atoms with Crippen LogP contribution in [-0.4, -0.2) is 31.1 Å². The number of ether oxygens (including phenoxy) is 1. The van der Waals surface area contributed by atoms with Crippen molar-refractivity contribution in [2.45, 2.75) is 25.6 Å². The van der Waals surface area contributed by atoms with Crippen molar-refractivity contribution in [2.24, 2.45) is 7.05 Å². The number of allylic oxidation sites excluding steroid dienone is 4. The van der Waals surface area contributed by atoms with Crippen LogP contribution >= 0.6 is 11.6 Å². The van der Waals surface area contributed by atoms with Crippen molar-refractivity contribution >= 4 is 17.2 Å². The molecule has 2 atom stereocenters. The van der Waals surface area contributed by atoms with E-state index in [4.69, 9.17) is 20.9 Å². The van der Waals surface area contributed by atoms with Crippen molar-refractivity contribution in [3.05, 3.63) is 58.9 Å². The second-order valence-corrected chi connectivity index (χ2v) is 6.96. The molecule has 1 aliphatic carbocycles. The summed E-state index contributed by atoms with van der Waals surface area (Å²) in [6.45, 7) is 1.72. The Morgan fingerprint density at radius 2 is 2.17 bits per heavy atom. The minimum absolute atomic E-state index is 0.150. The molecule has 0 radical (unpaired) electrons. The van der Waals surface area contributed by atoms with E-state index in [0.29, 0.717) is 27.9 Å². The van der Waals surface area contributed by atoms with Crippen molar-refractivity contribution in [3.8, 4) is 17.5 Å². The van der Waals surface area contributed by atoms with Crippen LogP contribution in [0.4, 0.5) is 8.78 Å². The van der Waals surface area contributed by atoms with E-state index >= 15 is 0 Å². The Kier molecular flexibility index (Phi) is 5.14. The van der Waals surface area contributed by atoms with Gasteiger partial charge in [0.15, 0.2) is 11.9 Å². The summed E-state index contributed by atoms with van der Waals surface area (Å²) in [5.74, 6) is 0.348. The van der Waals surface area contributed by atoms with Crippen LogP contribution in [0, 0.1) is 0 Å². The Morgan fingerprint density at radius 1 is 1.34 bits per heavy atom. The summed E-state index contributed by atoms with van der Waals surface area (Å²) in [5, 5.41) is 12.4. The Bertz CT molecular complexity index is 1110. The third-order valence-corrected chi connectivity index (χ3v) is 4.55. The average Bonchev–Trinajstić information content (AvgIpc) is 3.29. The summed E-state index contributed by atoms with van der Waals surface area (Å²) >= 11 is 5.99. The standard InChI is InChI=1S/C19H16ClF2N5O2/c1-10(16-23-18(29-26-16)11-4-3-5-13(20)6-11)28-19-25-24-17(27(19)2)12-7-14(21)9-15(22)8-12/h3-8,10,14H,9H2,1-2H3/t10-,14?/m1/s1. The number of benzene rings is 1. The van der Waals surface area contributed by atoms with Crippen LogP contribution in [0.3, 0.4) is 0 Å². The molecule has 150 valence electrons. The molecule has 3 aromatic rings. The number of alkyl halides is 1. The van der Waals surface area contributed by atoms with Gasteiger partial charge in [0.1, 0.15) is 12.0 Å². The van der Waals surface area contributed by atoms with E-state index in [-0.39, 0.29) is 18.3 Å². The van der Waals surface area contributed by atoms with Gasteiger partial charge in [-0.15, -0.1) is 5.10 Å². The van der Waals surface area contributed by atoms with Gasteiger partial charge in [0.2, 0.25) is 5.82 Å². The van der Waals surface area contributed by atoms with Crippen LogP contribution in [0.2, 0.25) is 5.02 Å². The molecule has 29 heavy (non-hydrogen) atoms. The van der Waals surface area contributed by atoms with E-state index in [0.717, 1.165) is 0 Å². The molecule has 0 fully saturated rings. The van der Waals surface area contributed by atoms with Gasteiger partial charge in [-0.05, 0) is 37.3 Å². The molecule has 7 nitrogen and oxygen atoms in total. The van der Waals surface area contributed by atoms with Crippen LogP contribution in [0.25, 0.3) is 17.0 Å². The highest BCUT2D eigenvalue weighted by Crippen LogP contribution is 2.29. The molecule has 0 amide bonds. The Morgan fingerprint density at radius 3 is 2.93 bits per heavy atom. The van der Waals surface area contributed by atoms with E-state index in [9.17, 15) is 8.78 Å². The third-order valence-electron chi connectivity index (χ3n) is 4.31. The monoisotopic (exact) mass is 419 g/mol. The highest BCUT2D eigenvalue weighted by Gasteiger charge is 2.23. The van der Waals surface area contributed by atoms with E-state index in [1.54, 1.807) is 38.2 Å². The summed E-state index contributed by atoms with van der Waals surface area (Å²) in [5.41, 5.74) is 0.991. The van der Waals surface area contributed by atoms with Crippen molar-refractivity contribution in [2.75, 3.05) is 0 Å². The zero-order chi connectivity index (χ0) is 20.5. The predicted octanol–water partition coefficient (Wildman–Crippen LogP) is 4.64. The summed E-state index contributed by atoms with van der Waals surface area (Å²) in [6, 6.07) is 7.18. The van der Waals surface area contributed by atoms with Gasteiger partial charge < -0.3 is 9.26 Å². The lowest BCUT2D eigenvalue weighted by Crippen LogP contribution is -2.10. The molecule has 0 saturated carbocycles. The number of aromatic nitrogens is 5. The van der Waals surface area contributed by atoms with E-state index in [2.05, 4.69) is 20.3 Å². The van der Waals surface area contributed by atoms with Gasteiger partial charge in [-0.25, -0.2) is 8.78 Å². The normalized spacial score (nSPS) is 17.6. The first kappa shape index (κ1) is 19.3. The van der Waals surface area contributed by atoms with Crippen LogP contribution in [0.15, 0.2) is 46.8 Å². The van der Waals surface area contributed by atoms with Crippen molar-refractivity contribution < 1.29 is 18.0 Å². The molecule has 0 spiro atoms. The van der Waals surface area contributed by atoms with Crippen LogP contribution in [0.1, 0.15) is 31.1 Å². The Balaban J connectivity index is 1.53. The number of nitrogens with zero attached hydrogens (tertiary/aromatic N) is 5. The summed E-state index contributed by atoms with van der Waals surface area (Å²) < 4.78 is 39.7. The minimum atomic E-state index is -1.40. The minimum Gasteiger partial charge on any atom is -0.452 e. The lowest BCUT2D eigenvalue weighted by atomic mass is 10.0. The maximum absolute atomic E-state index is 13.6. The van der Waals surface area contributed by atoms with Crippen molar-refractivity contribution in [1.29, 1.82) is 0 Å². The molecule has 1 aromatic carbocycles. The molecule has 1 aliphatic rings. The number of rotatable bonds is 5. The average molecular weight is 420 g/mol. The summed E-state index contributed by atoms with van der Waals surface area (Å²) in [7, 11) is 1.64. The first-order valence-electron chi connectivity index (χ1n) is 8.78. The summed E-state index contributed by atoms with van der Waals surface area (Å²) in [4.78, 5) is 4.32. The molecule has 1 unspecified atom stereocenters. The van der Waals surface area contributed by atoms with Gasteiger partial charge in [0.25, 0.3) is 5.89 Å². The first-order valence-corrected chi connectivity index (χ1v) is 9.16. The molecule has 4 rings (SSSR count). The maximum atomic E-state index is 13.6. The number of halogens is 3. The quantitative estimate of drug-likeness (QED) is 0.599. The first-order chi connectivity index (χ1) is 13.9. The van der Waals surface area contributed by atoms with Gasteiger partial charge >= 0.3 is 6.01 Å². The fourth-order valence-electron chi connectivity index (χ4n) is 2.87. The fourth-order valence-corrected chi connectivity index (χ4v) is 3.06. The van der Waals surface area contributed by atoms with E-state index < -0.39 is 18.1 Å². The second kappa shape index (κ2) is 7.75. The molecular formula is C19H16ClF2N5O2. The molecule has 10 heteroatoms. The molecule has 0 saturated heterocycles. The molecule has 0 N–H and O–H groups in total. The zero-order valence-electron chi connectivity index (χ0n) is 15.5. The SMILES string of the molecule is C[C@@H](Oc1nnc(C2=CC(F)CC(F)=C2)n1C)c1noc(-c2cccc(Cl)c2)n1. The highest BCUT2D eigenvalue weighted by molar-refractivity contribution is 6.30. The largest absolute Gasteiger partial charge is 0.452 e. The molecule has 0 bridgehead atoms. The third kappa shape index (κ3) is 4.04. The zero-order valence-corrected chi connectivity index (χ0v) is 16.3. The molecule has 0 aliphatic heterocycles. The van der Waals surface area contributed by atoms with Gasteiger partial charge in [-0.2, -0.15) is 4.98 Å². The van der Waals surface area contributed by atoms with Crippen LogP contribution in [0.5, 0.6) is 6.01 Å². The predicted molar refractivity (Wildman–Crippen MR) is 101 cm³/mol. The van der Waals surface area contributed by atoms with Crippen LogP contribution in [-0.2, 0) is 7.05 Å². The van der Waals surface area contributed by atoms with Gasteiger partial charge in [0.05, 0.1) is 0 Å². The molecule has 2 aromatic heterocycles. The number of hydrogen-bond acceptors (Lipinski definition) is 6. The van der Waals surface area contributed by atoms with Crippen molar-refractivity contribution in [3.63, 3.8) is 0 Å². The van der Waals surface area contributed by atoms with E-state index in [1.807, 2.05) is 0 Å². The smallest absolute Gasteiger partial charge is 0.317 e. The topological polar surface area (TPSA) is 78.9 Å². The van der Waals surface area contributed by atoms with Gasteiger partial charge in [-0.3, -0.25) is 4.57 Å². The lowest BCUT2D eigenvalue weighted by Gasteiger charge is -2.13. The lowest BCUT2D eigenvalue weighted by molar-refractivity contribution is 0.186. The molecular weight excluding hydrogens is 404 g/mol. The van der Waals surface area contributed by atoms with Crippen LogP contribution < -0.4 is 4.74 Å². The number of hydrogen-bond donors (Lipinski definition) is 0. The van der Waals surface area contributed by atoms with E-state index in [1.165, 1.54) is 16.7 Å². The molecule has 2 heterocycles. The fraction of sp³-hybridized carbons (Fsp3) is 0.263. The second-order valence-electron chi connectivity index (χ2n) is 6.53. The van der Waals surface area contributed by atoms with Gasteiger partial charge in [-0.1, -0.05) is 27.9 Å². The summed E-state index contributed by atoms with van der Waals surface area (Å²) in [6.07, 6.45) is 0.262. The Hall–Kier alpha value is -3.07. The maximum Gasteiger partial charge on any atom is 0.317 e.